The zero-order valence-corrected chi connectivity index (χ0v) is 23.4. The van der Waals surface area contributed by atoms with E-state index in [1.807, 2.05) is 0 Å². The zero-order valence-electron chi connectivity index (χ0n) is 22.7. The van der Waals surface area contributed by atoms with Gasteiger partial charge in [0, 0.05) is 28.8 Å². The van der Waals surface area contributed by atoms with Gasteiger partial charge in [0.2, 0.25) is 11.6 Å². The van der Waals surface area contributed by atoms with Crippen LogP contribution in [0.15, 0.2) is 66.7 Å². The Morgan fingerprint density at radius 1 is 1.02 bits per heavy atom. The van der Waals surface area contributed by atoms with Crippen LogP contribution in [0.5, 0.6) is 17.6 Å². The van der Waals surface area contributed by atoms with Crippen molar-refractivity contribution in [3.63, 3.8) is 0 Å². The third-order valence-electron chi connectivity index (χ3n) is 6.92. The van der Waals surface area contributed by atoms with Crippen LogP contribution in [0.2, 0.25) is 5.02 Å². The molecule has 43 heavy (non-hydrogen) atoms. The lowest BCUT2D eigenvalue weighted by Crippen LogP contribution is -2.31. The van der Waals surface area contributed by atoms with Gasteiger partial charge in [0.1, 0.15) is 12.4 Å². The van der Waals surface area contributed by atoms with E-state index in [-0.39, 0.29) is 52.0 Å². The number of benzene rings is 3. The fourth-order valence-electron chi connectivity index (χ4n) is 4.57. The number of carbonyl (C=O) groups excluding carboxylic acids is 1. The second-order valence-corrected chi connectivity index (χ2v) is 10.2. The Morgan fingerprint density at radius 2 is 1.81 bits per heavy atom. The first-order valence-electron chi connectivity index (χ1n) is 13.2. The molecule has 12 heteroatoms. The summed E-state index contributed by atoms with van der Waals surface area (Å²) in [5, 5.41) is 0.259. The van der Waals surface area contributed by atoms with Gasteiger partial charge in [-0.05, 0) is 55.0 Å². The van der Waals surface area contributed by atoms with Gasteiger partial charge in [0.15, 0.2) is 11.6 Å². The molecule has 0 bridgehead atoms. The van der Waals surface area contributed by atoms with Gasteiger partial charge in [-0.25, -0.2) is 22.9 Å². The van der Waals surface area contributed by atoms with Crippen LogP contribution in [0.3, 0.4) is 0 Å². The number of halogens is 4. The standard InChI is InChI=1S/C31H23ClF3N3O5/c1-40-30(39)17-6-8-26-27(13-17)38(15-21-9-10-41-21)31(37-26)43-29-23(34)11-19(12-24(29)35)25-3-2-4-28(36-25)42-16-18-5-7-20(32)14-22(18)33/h2-8,11-14,21H,9-10,15-16H2,1H3. The van der Waals surface area contributed by atoms with E-state index < -0.39 is 29.2 Å². The number of hydrogen-bond donors (Lipinski definition) is 0. The Hall–Kier alpha value is -4.61. The van der Waals surface area contributed by atoms with E-state index in [1.54, 1.807) is 41.0 Å². The molecule has 1 aliphatic rings. The molecule has 220 valence electrons. The van der Waals surface area contributed by atoms with E-state index in [1.165, 1.54) is 25.3 Å². The molecule has 0 N–H and O–H groups in total. The first-order valence-corrected chi connectivity index (χ1v) is 13.6. The molecule has 1 saturated heterocycles. The van der Waals surface area contributed by atoms with Crippen molar-refractivity contribution in [3.8, 4) is 28.9 Å². The Labute approximate surface area is 248 Å². The SMILES string of the molecule is COC(=O)c1ccc2nc(Oc3c(F)cc(-c4cccc(OCc5ccc(Cl)cc5F)n4)cc3F)n(CC3CCO3)c2c1. The van der Waals surface area contributed by atoms with Gasteiger partial charge in [-0.3, -0.25) is 4.57 Å². The minimum atomic E-state index is -0.986. The smallest absolute Gasteiger partial charge is 0.337 e. The number of hydrogen-bond acceptors (Lipinski definition) is 7. The Kier molecular flexibility index (Phi) is 7.92. The number of fused-ring (bicyclic) bond motifs is 1. The molecule has 0 amide bonds. The second-order valence-electron chi connectivity index (χ2n) is 9.74. The van der Waals surface area contributed by atoms with E-state index in [4.69, 9.17) is 30.5 Å². The molecule has 3 heterocycles. The summed E-state index contributed by atoms with van der Waals surface area (Å²) < 4.78 is 68.1. The summed E-state index contributed by atoms with van der Waals surface area (Å²) in [4.78, 5) is 20.8. The van der Waals surface area contributed by atoms with Gasteiger partial charge in [0.05, 0.1) is 42.0 Å². The zero-order chi connectivity index (χ0) is 30.1. The van der Waals surface area contributed by atoms with Crippen LogP contribution < -0.4 is 9.47 Å². The van der Waals surface area contributed by atoms with Crippen molar-refractivity contribution in [1.29, 1.82) is 0 Å². The van der Waals surface area contributed by atoms with Crippen molar-refractivity contribution in [3.05, 3.63) is 100 Å². The number of pyridine rings is 1. The largest absolute Gasteiger partial charge is 0.473 e. The Balaban J connectivity index is 1.27. The van der Waals surface area contributed by atoms with E-state index in [2.05, 4.69) is 9.97 Å². The molecular weight excluding hydrogens is 587 g/mol. The van der Waals surface area contributed by atoms with Crippen LogP contribution in [0, 0.1) is 17.5 Å². The normalized spacial score (nSPS) is 14.4. The van der Waals surface area contributed by atoms with Gasteiger partial charge >= 0.3 is 12.0 Å². The lowest BCUT2D eigenvalue weighted by molar-refractivity contribution is -0.0593. The molecule has 0 spiro atoms. The number of imidazole rings is 1. The van der Waals surface area contributed by atoms with Crippen molar-refractivity contribution in [2.45, 2.75) is 25.7 Å². The monoisotopic (exact) mass is 609 g/mol. The molecule has 6 rings (SSSR count). The maximum Gasteiger partial charge on any atom is 0.337 e. The predicted octanol–water partition coefficient (Wildman–Crippen LogP) is 7.12. The first-order chi connectivity index (χ1) is 20.8. The van der Waals surface area contributed by atoms with Crippen LogP contribution in [0.4, 0.5) is 13.2 Å². The highest BCUT2D eigenvalue weighted by Gasteiger charge is 2.25. The molecule has 0 saturated carbocycles. The third kappa shape index (κ3) is 5.99. The molecule has 1 aliphatic heterocycles. The highest BCUT2D eigenvalue weighted by atomic mass is 35.5. The molecule has 8 nitrogen and oxygen atoms in total. The van der Waals surface area contributed by atoms with Crippen molar-refractivity contribution in [1.82, 2.24) is 14.5 Å². The van der Waals surface area contributed by atoms with Gasteiger partial charge in [0.25, 0.3) is 0 Å². The fraction of sp³-hybridized carbons (Fsp3) is 0.194. The summed E-state index contributed by atoms with van der Waals surface area (Å²) in [5.41, 5.74) is 1.89. The molecule has 1 fully saturated rings. The summed E-state index contributed by atoms with van der Waals surface area (Å²) in [6, 6.07) is 15.7. The van der Waals surface area contributed by atoms with E-state index in [0.29, 0.717) is 24.2 Å². The van der Waals surface area contributed by atoms with Crippen LogP contribution in [-0.2, 0) is 22.6 Å². The minimum absolute atomic E-state index is 0.0685. The highest BCUT2D eigenvalue weighted by molar-refractivity contribution is 6.30. The first kappa shape index (κ1) is 28.5. The molecule has 0 radical (unpaired) electrons. The van der Waals surface area contributed by atoms with E-state index in [9.17, 15) is 9.18 Å². The minimum Gasteiger partial charge on any atom is -0.473 e. The topological polar surface area (TPSA) is 84.7 Å². The number of aromatic nitrogens is 3. The summed E-state index contributed by atoms with van der Waals surface area (Å²) >= 11 is 5.79. The molecule has 1 atom stereocenters. The van der Waals surface area contributed by atoms with Crippen LogP contribution >= 0.6 is 11.6 Å². The van der Waals surface area contributed by atoms with Crippen molar-refractivity contribution < 1.29 is 36.9 Å². The number of methoxy groups -OCH3 is 1. The summed E-state index contributed by atoms with van der Waals surface area (Å²) in [6.45, 7) is 0.779. The van der Waals surface area contributed by atoms with E-state index >= 15 is 8.78 Å². The Bertz CT molecular complexity index is 1820. The summed E-state index contributed by atoms with van der Waals surface area (Å²) in [7, 11) is 1.27. The fourth-order valence-corrected chi connectivity index (χ4v) is 4.73. The van der Waals surface area contributed by atoms with Crippen molar-refractivity contribution >= 4 is 28.6 Å². The van der Waals surface area contributed by atoms with E-state index in [0.717, 1.165) is 18.6 Å². The maximum absolute atomic E-state index is 15.4. The highest BCUT2D eigenvalue weighted by Crippen LogP contribution is 2.34. The lowest BCUT2D eigenvalue weighted by Gasteiger charge is -2.27. The molecule has 3 aromatic carbocycles. The van der Waals surface area contributed by atoms with Gasteiger partial charge in [-0.2, -0.15) is 4.98 Å². The molecule has 2 aromatic heterocycles. The number of carbonyl (C=O) groups is 1. The van der Waals surface area contributed by atoms with Crippen molar-refractivity contribution in [2.24, 2.45) is 0 Å². The van der Waals surface area contributed by atoms with Gasteiger partial charge in [-0.15, -0.1) is 0 Å². The third-order valence-corrected chi connectivity index (χ3v) is 7.15. The average Bonchev–Trinajstić information content (AvgIpc) is 3.32. The Morgan fingerprint density at radius 3 is 2.51 bits per heavy atom. The van der Waals surface area contributed by atoms with Crippen molar-refractivity contribution in [2.75, 3.05) is 13.7 Å². The molecule has 0 aliphatic carbocycles. The second kappa shape index (κ2) is 11.9. The molecule has 5 aromatic rings. The van der Waals surface area contributed by atoms with Crippen LogP contribution in [-0.4, -0.2) is 40.3 Å². The number of rotatable bonds is 9. The number of esters is 1. The maximum atomic E-state index is 15.4. The number of nitrogens with zero attached hydrogens (tertiary/aromatic N) is 3. The summed E-state index contributed by atoms with van der Waals surface area (Å²) in [6.07, 6.45) is 0.646. The van der Waals surface area contributed by atoms with Gasteiger partial charge < -0.3 is 18.9 Å². The predicted molar refractivity (Wildman–Crippen MR) is 151 cm³/mol. The average molecular weight is 610 g/mol. The number of ether oxygens (including phenoxy) is 4. The lowest BCUT2D eigenvalue weighted by atomic mass is 10.1. The molecule has 1 unspecified atom stereocenters. The van der Waals surface area contributed by atoms with Crippen LogP contribution in [0.1, 0.15) is 22.3 Å². The molecular formula is C31H23ClF3N3O5. The van der Waals surface area contributed by atoms with Crippen LogP contribution in [0.25, 0.3) is 22.3 Å². The quantitative estimate of drug-likeness (QED) is 0.165. The summed E-state index contributed by atoms with van der Waals surface area (Å²) in [5.74, 6) is -3.56. The van der Waals surface area contributed by atoms with Gasteiger partial charge in [-0.1, -0.05) is 23.7 Å².